The van der Waals surface area contributed by atoms with Gasteiger partial charge in [0, 0.05) is 44.2 Å². The number of imidazole rings is 1. The number of aromatic amines is 1. The number of rotatable bonds is 9. The van der Waals surface area contributed by atoms with Gasteiger partial charge >= 0.3 is 11.8 Å². The molecule has 0 radical (unpaired) electrons. The Morgan fingerprint density at radius 1 is 1.03 bits per heavy atom. The van der Waals surface area contributed by atoms with Gasteiger partial charge in [0.15, 0.2) is 0 Å². The first-order chi connectivity index (χ1) is 19.0. The summed E-state index contributed by atoms with van der Waals surface area (Å²) in [5.74, 6) is 0.724. The molecule has 0 spiro atoms. The van der Waals surface area contributed by atoms with E-state index in [1.54, 1.807) is 7.11 Å². The van der Waals surface area contributed by atoms with Crippen molar-refractivity contribution in [2.75, 3.05) is 20.2 Å². The molecule has 2 N–H and O–H groups in total. The number of likely N-dealkylation sites (tertiary alicyclic amines) is 1. The first-order valence-electron chi connectivity index (χ1n) is 13.6. The second-order valence-electron chi connectivity index (χ2n) is 10.3. The van der Waals surface area contributed by atoms with Crippen molar-refractivity contribution in [1.29, 1.82) is 0 Å². The highest BCUT2D eigenvalue weighted by atomic mass is 16.5. The zero-order valence-electron chi connectivity index (χ0n) is 22.5. The normalized spacial score (nSPS) is 18.4. The minimum atomic E-state index is -0.913. The number of nitrogens with one attached hydrogen (secondary N) is 1. The molecule has 3 atom stereocenters. The average molecular weight is 529 g/mol. The van der Waals surface area contributed by atoms with Gasteiger partial charge in [-0.2, -0.15) is 0 Å². The second kappa shape index (κ2) is 11.8. The molecule has 8 nitrogen and oxygen atoms in total. The number of carboxylic acid groups (broad SMARTS) is 1. The fraction of sp³-hybridized carbons (Fsp3) is 0.355. The summed E-state index contributed by atoms with van der Waals surface area (Å²) in [6.45, 7) is 4.33. The average Bonchev–Trinajstić information content (AvgIpc) is 3.29. The summed E-state index contributed by atoms with van der Waals surface area (Å²) in [5, 5.41) is 9.94. The van der Waals surface area contributed by atoms with E-state index >= 15 is 0 Å². The number of fused-ring (bicyclic) bond motifs is 1. The van der Waals surface area contributed by atoms with Crippen LogP contribution in [0.25, 0.3) is 11.0 Å². The van der Waals surface area contributed by atoms with Crippen LogP contribution >= 0.6 is 0 Å². The molecule has 1 aliphatic rings. The van der Waals surface area contributed by atoms with Gasteiger partial charge in [-0.3, -0.25) is 9.47 Å². The van der Waals surface area contributed by atoms with Gasteiger partial charge in [0.2, 0.25) is 0 Å². The predicted molar refractivity (Wildman–Crippen MR) is 152 cm³/mol. The maximum Gasteiger partial charge on any atom is 0.407 e. The maximum atomic E-state index is 13.3. The van der Waals surface area contributed by atoms with Crippen LogP contribution < -0.4 is 10.4 Å². The number of carbonyl (C=O) groups is 1. The van der Waals surface area contributed by atoms with E-state index in [0.717, 1.165) is 28.8 Å². The fourth-order valence-electron chi connectivity index (χ4n) is 6.15. The number of methoxy groups -OCH3 is 1. The summed E-state index contributed by atoms with van der Waals surface area (Å²) < 4.78 is 7.23. The van der Waals surface area contributed by atoms with Crippen molar-refractivity contribution < 1.29 is 14.6 Å². The van der Waals surface area contributed by atoms with Gasteiger partial charge in [-0.05, 0) is 48.2 Å². The third-order valence-electron chi connectivity index (χ3n) is 8.00. The number of H-pyrrole nitrogens is 1. The quantitative estimate of drug-likeness (QED) is 0.305. The van der Waals surface area contributed by atoms with Crippen molar-refractivity contribution in [3.8, 4) is 5.75 Å². The van der Waals surface area contributed by atoms with E-state index in [1.165, 1.54) is 10.5 Å². The zero-order chi connectivity index (χ0) is 27.4. The van der Waals surface area contributed by atoms with Gasteiger partial charge in [0.05, 0.1) is 18.1 Å². The summed E-state index contributed by atoms with van der Waals surface area (Å²) in [4.78, 5) is 32.4. The van der Waals surface area contributed by atoms with Crippen LogP contribution in [0.15, 0.2) is 83.7 Å². The first kappa shape index (κ1) is 26.6. The lowest BCUT2D eigenvalue weighted by molar-refractivity contribution is 0.0341. The molecule has 204 valence electrons. The number of hydrogen-bond acceptors (Lipinski definition) is 4. The number of para-hydroxylation sites is 2. The Hall–Kier alpha value is -4.04. The maximum absolute atomic E-state index is 13.3. The van der Waals surface area contributed by atoms with Gasteiger partial charge < -0.3 is 19.7 Å². The van der Waals surface area contributed by atoms with Crippen LogP contribution in [0.1, 0.15) is 36.9 Å². The number of piperidine rings is 1. The molecule has 0 aliphatic carbocycles. The lowest BCUT2D eigenvalue weighted by Crippen LogP contribution is -2.53. The summed E-state index contributed by atoms with van der Waals surface area (Å²) >= 11 is 0. The first-order valence-corrected chi connectivity index (χ1v) is 13.6. The Kier molecular flexibility index (Phi) is 8.02. The molecule has 1 saturated heterocycles. The van der Waals surface area contributed by atoms with E-state index < -0.39 is 6.09 Å². The molecule has 3 aromatic carbocycles. The SMILES string of the molecule is CCC(C1CN(C(=O)O)CCC1n1c(=O)[nH]c2ccccc21)N(Cc1ccccc1)Cc1ccc(OC)cc1. The van der Waals surface area contributed by atoms with Crippen LogP contribution in [0, 0.1) is 5.92 Å². The fourth-order valence-corrected chi connectivity index (χ4v) is 6.15. The number of amides is 1. The number of hydrogen-bond donors (Lipinski definition) is 2. The molecular weight excluding hydrogens is 492 g/mol. The Labute approximate surface area is 228 Å². The van der Waals surface area contributed by atoms with Crippen LogP contribution in [0.5, 0.6) is 5.75 Å². The van der Waals surface area contributed by atoms with Crippen molar-refractivity contribution >= 4 is 17.1 Å². The minimum absolute atomic E-state index is 0.0278. The molecule has 1 aliphatic heterocycles. The van der Waals surface area contributed by atoms with Crippen LogP contribution in [0.2, 0.25) is 0 Å². The van der Waals surface area contributed by atoms with Crippen molar-refractivity contribution in [3.05, 3.63) is 100 Å². The standard InChI is InChI=1S/C31H36N4O4/c1-3-27(34(19-22-9-5-4-6-10-22)20-23-13-15-24(39-2)16-14-23)25-21-33(31(37)38)18-17-28(25)35-29-12-8-7-11-26(29)32-30(35)36/h4-16,25,27-28H,3,17-21H2,1-2H3,(H,32,36)(H,37,38). The Morgan fingerprint density at radius 3 is 2.36 bits per heavy atom. The Morgan fingerprint density at radius 2 is 1.69 bits per heavy atom. The van der Waals surface area contributed by atoms with Crippen LogP contribution in [0.4, 0.5) is 4.79 Å². The summed E-state index contributed by atoms with van der Waals surface area (Å²) in [6.07, 6.45) is 0.482. The number of benzene rings is 3. The van der Waals surface area contributed by atoms with E-state index in [1.807, 2.05) is 59.2 Å². The molecule has 0 bridgehead atoms. The van der Waals surface area contributed by atoms with Crippen molar-refractivity contribution in [2.45, 2.75) is 44.9 Å². The van der Waals surface area contributed by atoms with Crippen molar-refractivity contribution in [3.63, 3.8) is 0 Å². The van der Waals surface area contributed by atoms with E-state index in [-0.39, 0.29) is 23.7 Å². The van der Waals surface area contributed by atoms with E-state index in [2.05, 4.69) is 41.1 Å². The third-order valence-corrected chi connectivity index (χ3v) is 8.00. The van der Waals surface area contributed by atoms with Gasteiger partial charge in [-0.25, -0.2) is 9.59 Å². The lowest BCUT2D eigenvalue weighted by Gasteiger charge is -2.45. The van der Waals surface area contributed by atoms with Gasteiger partial charge in [0.1, 0.15) is 5.75 Å². The van der Waals surface area contributed by atoms with Gasteiger partial charge in [0.25, 0.3) is 0 Å². The van der Waals surface area contributed by atoms with Crippen LogP contribution in [-0.2, 0) is 13.1 Å². The van der Waals surface area contributed by atoms with Gasteiger partial charge in [-0.15, -0.1) is 0 Å². The second-order valence-corrected chi connectivity index (χ2v) is 10.3. The van der Waals surface area contributed by atoms with E-state index in [0.29, 0.717) is 32.6 Å². The summed E-state index contributed by atoms with van der Waals surface area (Å²) in [6, 6.07) is 26.1. The summed E-state index contributed by atoms with van der Waals surface area (Å²) in [5.41, 5.74) is 3.86. The highest BCUT2D eigenvalue weighted by molar-refractivity contribution is 5.75. The zero-order valence-corrected chi connectivity index (χ0v) is 22.5. The van der Waals surface area contributed by atoms with Crippen molar-refractivity contribution in [1.82, 2.24) is 19.4 Å². The number of ether oxygens (including phenoxy) is 1. The molecule has 1 amide bonds. The molecule has 39 heavy (non-hydrogen) atoms. The van der Waals surface area contributed by atoms with E-state index in [4.69, 9.17) is 4.74 Å². The molecule has 5 rings (SSSR count). The molecule has 1 aromatic heterocycles. The molecule has 3 unspecified atom stereocenters. The molecule has 8 heteroatoms. The van der Waals surface area contributed by atoms with Crippen molar-refractivity contribution in [2.24, 2.45) is 5.92 Å². The van der Waals surface area contributed by atoms with E-state index in [9.17, 15) is 14.7 Å². The topological polar surface area (TPSA) is 90.8 Å². The molecule has 4 aromatic rings. The third kappa shape index (κ3) is 5.71. The molecule has 2 heterocycles. The molecule has 0 saturated carbocycles. The molecule has 1 fully saturated rings. The summed E-state index contributed by atoms with van der Waals surface area (Å²) in [7, 11) is 1.66. The number of aromatic nitrogens is 2. The predicted octanol–water partition coefficient (Wildman–Crippen LogP) is 5.36. The number of nitrogens with zero attached hydrogens (tertiary/aromatic N) is 3. The lowest BCUT2D eigenvalue weighted by atomic mass is 9.83. The Balaban J connectivity index is 1.55. The Bertz CT molecular complexity index is 1450. The highest BCUT2D eigenvalue weighted by Gasteiger charge is 2.40. The highest BCUT2D eigenvalue weighted by Crippen LogP contribution is 2.36. The molecular formula is C31H36N4O4. The minimum Gasteiger partial charge on any atom is -0.497 e. The van der Waals surface area contributed by atoms with Crippen LogP contribution in [0.3, 0.4) is 0 Å². The smallest absolute Gasteiger partial charge is 0.407 e. The monoisotopic (exact) mass is 528 g/mol. The van der Waals surface area contributed by atoms with Crippen LogP contribution in [-0.4, -0.2) is 56.8 Å². The largest absolute Gasteiger partial charge is 0.497 e. The van der Waals surface area contributed by atoms with Gasteiger partial charge in [-0.1, -0.05) is 61.5 Å².